The van der Waals surface area contributed by atoms with E-state index in [0.717, 1.165) is 36.1 Å². The van der Waals surface area contributed by atoms with Crippen molar-refractivity contribution in [3.05, 3.63) is 87.3 Å². The Morgan fingerprint density at radius 2 is 1.74 bits per heavy atom. The molecule has 0 fully saturated rings. The third-order valence-corrected chi connectivity index (χ3v) is 6.63. The van der Waals surface area contributed by atoms with Crippen LogP contribution in [0.1, 0.15) is 49.6 Å². The van der Waals surface area contributed by atoms with Gasteiger partial charge >= 0.3 is 5.97 Å². The molecule has 0 unspecified atom stereocenters. The summed E-state index contributed by atoms with van der Waals surface area (Å²) in [6.45, 7) is 0. The fraction of sp³-hybridized carbons (Fsp3) is 0.154. The standard InChI is InChI=1S/C26H21N3O4S/c27-15-18(24(31)29-25-22(23(28)30)20-8-4-5-9-21(20)34-25)14-16-10-12-19(13-11-16)33-26(32)17-6-2-1-3-7-17/h1-3,6-7,10-14H,4-5,8-9H2,(H2,28,30)(H,29,31). The minimum absolute atomic E-state index is 0.129. The molecule has 170 valence electrons. The molecule has 34 heavy (non-hydrogen) atoms. The molecule has 0 radical (unpaired) electrons. The molecule has 0 saturated heterocycles. The Labute approximate surface area is 200 Å². The Hall–Kier alpha value is -4.22. The van der Waals surface area contributed by atoms with Gasteiger partial charge in [-0.1, -0.05) is 30.3 Å². The lowest BCUT2D eigenvalue weighted by Crippen LogP contribution is -2.19. The SMILES string of the molecule is N#CC(=Cc1ccc(OC(=O)c2ccccc2)cc1)C(=O)Nc1sc2c(c1C(N)=O)CCCC2. The molecule has 7 nitrogen and oxygen atoms in total. The number of esters is 1. The van der Waals surface area contributed by atoms with Crippen LogP contribution in [0, 0.1) is 11.3 Å². The first-order chi connectivity index (χ1) is 16.5. The van der Waals surface area contributed by atoms with Gasteiger partial charge in [-0.3, -0.25) is 9.59 Å². The van der Waals surface area contributed by atoms with Crippen LogP contribution in [-0.4, -0.2) is 17.8 Å². The average molecular weight is 472 g/mol. The van der Waals surface area contributed by atoms with Gasteiger partial charge in [-0.15, -0.1) is 11.3 Å². The normalized spacial score (nSPS) is 12.9. The Kier molecular flexibility index (Phi) is 6.85. The maximum atomic E-state index is 12.8. The van der Waals surface area contributed by atoms with Gasteiger partial charge in [0.15, 0.2) is 0 Å². The molecule has 3 N–H and O–H groups in total. The van der Waals surface area contributed by atoms with Crippen LogP contribution in [0.25, 0.3) is 6.08 Å². The third kappa shape index (κ3) is 5.05. The largest absolute Gasteiger partial charge is 0.423 e. The zero-order valence-corrected chi connectivity index (χ0v) is 19.0. The van der Waals surface area contributed by atoms with Crippen LogP contribution in [0.4, 0.5) is 5.00 Å². The van der Waals surface area contributed by atoms with Crippen molar-refractivity contribution < 1.29 is 19.1 Å². The lowest BCUT2D eigenvalue weighted by Gasteiger charge is -2.11. The molecule has 0 aliphatic heterocycles. The lowest BCUT2D eigenvalue weighted by molar-refractivity contribution is -0.112. The number of primary amides is 1. The topological polar surface area (TPSA) is 122 Å². The number of carbonyl (C=O) groups is 3. The van der Waals surface area contributed by atoms with Crippen LogP contribution in [0.2, 0.25) is 0 Å². The number of hydrogen-bond acceptors (Lipinski definition) is 6. The summed E-state index contributed by atoms with van der Waals surface area (Å²) in [5.74, 6) is -1.35. The molecule has 0 bridgehead atoms. The molecule has 1 aliphatic rings. The second-order valence-electron chi connectivity index (χ2n) is 7.73. The lowest BCUT2D eigenvalue weighted by atomic mass is 9.95. The summed E-state index contributed by atoms with van der Waals surface area (Å²) in [6, 6.07) is 17.0. The zero-order chi connectivity index (χ0) is 24.1. The summed E-state index contributed by atoms with van der Waals surface area (Å²) in [4.78, 5) is 38.0. The average Bonchev–Trinajstić information content (AvgIpc) is 3.22. The Balaban J connectivity index is 1.49. The number of hydrogen-bond donors (Lipinski definition) is 2. The molecule has 1 aromatic heterocycles. The Morgan fingerprint density at radius 1 is 1.03 bits per heavy atom. The maximum Gasteiger partial charge on any atom is 0.343 e. The van der Waals surface area contributed by atoms with E-state index < -0.39 is 17.8 Å². The molecule has 2 amide bonds. The van der Waals surface area contributed by atoms with E-state index in [1.54, 1.807) is 48.5 Å². The van der Waals surface area contributed by atoms with Crippen LogP contribution in [0.15, 0.2) is 60.2 Å². The van der Waals surface area contributed by atoms with Gasteiger partial charge in [0.05, 0.1) is 11.1 Å². The minimum atomic E-state index is -0.622. The number of nitrogens with zero attached hydrogens (tertiary/aromatic N) is 1. The van der Waals surface area contributed by atoms with Gasteiger partial charge in [-0.2, -0.15) is 5.26 Å². The van der Waals surface area contributed by atoms with Crippen molar-refractivity contribution in [2.45, 2.75) is 25.7 Å². The number of nitriles is 1. The fourth-order valence-electron chi connectivity index (χ4n) is 3.77. The van der Waals surface area contributed by atoms with Crippen LogP contribution < -0.4 is 15.8 Å². The highest BCUT2D eigenvalue weighted by Gasteiger charge is 2.25. The van der Waals surface area contributed by atoms with Gasteiger partial charge in [0.25, 0.3) is 11.8 Å². The number of benzene rings is 2. The number of aryl methyl sites for hydroxylation is 1. The van der Waals surface area contributed by atoms with Crippen LogP contribution >= 0.6 is 11.3 Å². The van der Waals surface area contributed by atoms with E-state index in [4.69, 9.17) is 10.5 Å². The van der Waals surface area contributed by atoms with Crippen molar-refractivity contribution in [3.63, 3.8) is 0 Å². The van der Waals surface area contributed by atoms with E-state index >= 15 is 0 Å². The van der Waals surface area contributed by atoms with E-state index in [0.29, 0.717) is 27.4 Å². The van der Waals surface area contributed by atoms with E-state index in [9.17, 15) is 19.6 Å². The minimum Gasteiger partial charge on any atom is -0.423 e. The molecule has 2 aromatic carbocycles. The van der Waals surface area contributed by atoms with Crippen molar-refractivity contribution in [2.24, 2.45) is 5.73 Å². The summed E-state index contributed by atoms with van der Waals surface area (Å²) < 4.78 is 5.34. The smallest absolute Gasteiger partial charge is 0.343 e. The predicted molar refractivity (Wildman–Crippen MR) is 130 cm³/mol. The number of anilines is 1. The molecule has 0 spiro atoms. The first kappa shape index (κ1) is 23.0. The second-order valence-corrected chi connectivity index (χ2v) is 8.83. The van der Waals surface area contributed by atoms with Gasteiger partial charge in [0, 0.05) is 4.88 Å². The van der Waals surface area contributed by atoms with Crippen molar-refractivity contribution in [2.75, 3.05) is 5.32 Å². The van der Waals surface area contributed by atoms with E-state index in [1.165, 1.54) is 17.4 Å². The van der Waals surface area contributed by atoms with Crippen LogP contribution in [-0.2, 0) is 17.6 Å². The molecule has 0 atom stereocenters. The Bertz CT molecular complexity index is 1320. The molecule has 0 saturated carbocycles. The molecular weight excluding hydrogens is 450 g/mol. The summed E-state index contributed by atoms with van der Waals surface area (Å²) in [7, 11) is 0. The molecule has 3 aromatic rings. The monoisotopic (exact) mass is 471 g/mol. The van der Waals surface area contributed by atoms with Gasteiger partial charge in [-0.25, -0.2) is 4.79 Å². The number of thiophene rings is 1. The van der Waals surface area contributed by atoms with Crippen LogP contribution in [0.3, 0.4) is 0 Å². The molecule has 8 heteroatoms. The van der Waals surface area contributed by atoms with Crippen LogP contribution in [0.5, 0.6) is 5.75 Å². The third-order valence-electron chi connectivity index (χ3n) is 5.42. The number of carbonyl (C=O) groups excluding carboxylic acids is 3. The second kappa shape index (κ2) is 10.1. The zero-order valence-electron chi connectivity index (χ0n) is 18.2. The molecule has 1 aliphatic carbocycles. The number of nitrogens with one attached hydrogen (secondary N) is 1. The van der Waals surface area contributed by atoms with Gasteiger partial charge in [0.2, 0.25) is 0 Å². The number of fused-ring (bicyclic) bond motifs is 1. The molecule has 1 heterocycles. The summed E-state index contributed by atoms with van der Waals surface area (Å²) in [5.41, 5.74) is 7.70. The number of nitrogens with two attached hydrogens (primary N) is 1. The van der Waals surface area contributed by atoms with Crippen molar-refractivity contribution in [3.8, 4) is 11.8 Å². The molecular formula is C26H21N3O4S. The quantitative estimate of drug-likeness (QED) is 0.237. The summed E-state index contributed by atoms with van der Waals surface area (Å²) >= 11 is 1.34. The fourth-order valence-corrected chi connectivity index (χ4v) is 5.06. The highest BCUT2D eigenvalue weighted by molar-refractivity contribution is 7.17. The van der Waals surface area contributed by atoms with Gasteiger partial charge in [0.1, 0.15) is 22.4 Å². The van der Waals surface area contributed by atoms with E-state index in [1.807, 2.05) is 12.1 Å². The first-order valence-electron chi connectivity index (χ1n) is 10.7. The number of ether oxygens (including phenoxy) is 1. The highest BCUT2D eigenvalue weighted by Crippen LogP contribution is 2.38. The van der Waals surface area contributed by atoms with E-state index in [2.05, 4.69) is 5.32 Å². The van der Waals surface area contributed by atoms with Crippen molar-refractivity contribution in [1.82, 2.24) is 0 Å². The van der Waals surface area contributed by atoms with Gasteiger partial charge < -0.3 is 15.8 Å². The highest BCUT2D eigenvalue weighted by atomic mass is 32.1. The first-order valence-corrected chi connectivity index (χ1v) is 11.5. The molecule has 4 rings (SSSR count). The van der Waals surface area contributed by atoms with E-state index in [-0.39, 0.29) is 5.57 Å². The predicted octanol–water partition coefficient (Wildman–Crippen LogP) is 4.49. The summed E-state index contributed by atoms with van der Waals surface area (Å²) in [5, 5.41) is 12.6. The maximum absolute atomic E-state index is 12.8. The Morgan fingerprint density at radius 3 is 2.41 bits per heavy atom. The van der Waals surface area contributed by atoms with Crippen molar-refractivity contribution in [1.29, 1.82) is 5.26 Å². The number of amides is 2. The number of rotatable bonds is 6. The van der Waals surface area contributed by atoms with Crippen molar-refractivity contribution >= 4 is 40.2 Å². The summed E-state index contributed by atoms with van der Waals surface area (Å²) in [6.07, 6.45) is 5.02. The van der Waals surface area contributed by atoms with Gasteiger partial charge in [-0.05, 0) is 67.2 Å².